The van der Waals surface area contributed by atoms with Crippen LogP contribution in [0.4, 0.5) is 0 Å². The Labute approximate surface area is 99.4 Å². The van der Waals surface area contributed by atoms with Crippen LogP contribution in [0, 0.1) is 6.92 Å². The number of benzene rings is 1. The molecular weight excluding hydrogens is 214 g/mol. The Bertz CT molecular complexity index is 534. The van der Waals surface area contributed by atoms with E-state index >= 15 is 0 Å². The monoisotopic (exact) mass is 227 g/mol. The van der Waals surface area contributed by atoms with Crippen LogP contribution in [-0.2, 0) is 13.1 Å². The molecule has 0 saturated carbocycles. The van der Waals surface area contributed by atoms with Crippen molar-refractivity contribution in [2.45, 2.75) is 20.0 Å². The summed E-state index contributed by atoms with van der Waals surface area (Å²) >= 11 is 0. The second-order valence-electron chi connectivity index (χ2n) is 3.89. The molecule has 0 bridgehead atoms. The van der Waals surface area contributed by atoms with Gasteiger partial charge in [0.15, 0.2) is 0 Å². The van der Waals surface area contributed by atoms with Crippen LogP contribution < -0.4 is 0 Å². The smallest absolute Gasteiger partial charge is 0.0951 e. The molecule has 86 valence electrons. The zero-order valence-electron chi connectivity index (χ0n) is 9.61. The Morgan fingerprint density at radius 2 is 2.12 bits per heavy atom. The van der Waals surface area contributed by atoms with Gasteiger partial charge in [0, 0.05) is 23.3 Å². The second-order valence-corrected chi connectivity index (χ2v) is 3.89. The molecule has 2 aromatic rings. The average Bonchev–Trinajstić information content (AvgIpc) is 2.77. The first-order valence-electron chi connectivity index (χ1n) is 5.35. The molecule has 0 unspecified atom stereocenters. The summed E-state index contributed by atoms with van der Waals surface area (Å²) in [6.07, 6.45) is 3.48. The van der Waals surface area contributed by atoms with Crippen molar-refractivity contribution in [3.8, 4) is 0 Å². The van der Waals surface area contributed by atoms with Crippen molar-refractivity contribution in [2.24, 2.45) is 5.11 Å². The average molecular weight is 227 g/mol. The third-order valence-electron chi connectivity index (χ3n) is 2.57. The highest BCUT2D eigenvalue weighted by molar-refractivity contribution is 5.22. The van der Waals surface area contributed by atoms with Crippen molar-refractivity contribution in [1.82, 2.24) is 9.55 Å². The SMILES string of the molecule is Cc1ccc(Cn2cncc2CN=[N+]=[N-])cc1. The van der Waals surface area contributed by atoms with Crippen LogP contribution in [0.2, 0.25) is 0 Å². The lowest BCUT2D eigenvalue weighted by atomic mass is 10.1. The lowest BCUT2D eigenvalue weighted by Gasteiger charge is -2.06. The van der Waals surface area contributed by atoms with Gasteiger partial charge in [-0.1, -0.05) is 34.9 Å². The number of hydrogen-bond donors (Lipinski definition) is 0. The number of imidazole rings is 1. The van der Waals surface area contributed by atoms with E-state index in [2.05, 4.69) is 46.2 Å². The molecular formula is C12H13N5. The van der Waals surface area contributed by atoms with Crippen molar-refractivity contribution >= 4 is 0 Å². The highest BCUT2D eigenvalue weighted by atomic mass is 15.1. The van der Waals surface area contributed by atoms with Gasteiger partial charge in [0.05, 0.1) is 12.9 Å². The van der Waals surface area contributed by atoms with Crippen LogP contribution >= 0.6 is 0 Å². The van der Waals surface area contributed by atoms with Crippen molar-refractivity contribution in [3.63, 3.8) is 0 Å². The van der Waals surface area contributed by atoms with Gasteiger partial charge in [-0.3, -0.25) is 0 Å². The first-order valence-corrected chi connectivity index (χ1v) is 5.35. The second kappa shape index (κ2) is 5.18. The Hall–Kier alpha value is -2.26. The predicted octanol–water partition coefficient (Wildman–Crippen LogP) is 3.05. The van der Waals surface area contributed by atoms with E-state index < -0.39 is 0 Å². The van der Waals surface area contributed by atoms with Crippen LogP contribution in [0.1, 0.15) is 16.8 Å². The molecule has 0 radical (unpaired) electrons. The zero-order valence-corrected chi connectivity index (χ0v) is 9.61. The maximum atomic E-state index is 8.30. The lowest BCUT2D eigenvalue weighted by molar-refractivity contribution is 0.738. The van der Waals surface area contributed by atoms with Gasteiger partial charge in [0.2, 0.25) is 0 Å². The predicted molar refractivity (Wildman–Crippen MR) is 65.4 cm³/mol. The van der Waals surface area contributed by atoms with Gasteiger partial charge < -0.3 is 4.57 Å². The fourth-order valence-electron chi connectivity index (χ4n) is 1.62. The molecule has 5 heteroatoms. The summed E-state index contributed by atoms with van der Waals surface area (Å²) in [5, 5.41) is 3.55. The third kappa shape index (κ3) is 2.86. The molecule has 0 N–H and O–H groups in total. The molecule has 0 fully saturated rings. The number of hydrogen-bond acceptors (Lipinski definition) is 2. The van der Waals surface area contributed by atoms with Gasteiger partial charge >= 0.3 is 0 Å². The molecule has 0 spiro atoms. The summed E-state index contributed by atoms with van der Waals surface area (Å²) in [6.45, 7) is 3.15. The quantitative estimate of drug-likeness (QED) is 0.449. The summed E-state index contributed by atoms with van der Waals surface area (Å²) in [4.78, 5) is 6.82. The molecule has 1 aromatic carbocycles. The fourth-order valence-corrected chi connectivity index (χ4v) is 1.62. The number of aromatic nitrogens is 2. The Morgan fingerprint density at radius 1 is 1.35 bits per heavy atom. The van der Waals surface area contributed by atoms with Crippen LogP contribution in [-0.4, -0.2) is 9.55 Å². The van der Waals surface area contributed by atoms with Gasteiger partial charge in [-0.05, 0) is 18.0 Å². The van der Waals surface area contributed by atoms with Gasteiger partial charge in [-0.25, -0.2) is 4.98 Å². The van der Waals surface area contributed by atoms with Crippen molar-refractivity contribution in [2.75, 3.05) is 0 Å². The highest BCUT2D eigenvalue weighted by Gasteiger charge is 2.01. The Morgan fingerprint density at radius 3 is 2.82 bits per heavy atom. The first kappa shape index (κ1) is 11.2. The standard InChI is InChI=1S/C12H13N5/c1-10-2-4-11(5-3-10)8-17-9-14-6-12(17)7-15-16-13/h2-6,9H,7-8H2,1H3. The van der Waals surface area contributed by atoms with Gasteiger partial charge in [-0.2, -0.15) is 0 Å². The van der Waals surface area contributed by atoms with Gasteiger partial charge in [0.25, 0.3) is 0 Å². The topological polar surface area (TPSA) is 66.6 Å². The molecule has 2 rings (SSSR count). The van der Waals surface area contributed by atoms with Gasteiger partial charge in [-0.15, -0.1) is 0 Å². The van der Waals surface area contributed by atoms with Crippen molar-refractivity contribution in [3.05, 3.63) is 64.1 Å². The van der Waals surface area contributed by atoms with Gasteiger partial charge in [0.1, 0.15) is 0 Å². The van der Waals surface area contributed by atoms with Crippen LogP contribution in [0.5, 0.6) is 0 Å². The Balaban J connectivity index is 2.15. The highest BCUT2D eigenvalue weighted by Crippen LogP contribution is 2.08. The minimum absolute atomic E-state index is 0.336. The number of nitrogens with zero attached hydrogens (tertiary/aromatic N) is 5. The van der Waals surface area contributed by atoms with E-state index in [-0.39, 0.29) is 0 Å². The van der Waals surface area contributed by atoms with E-state index in [1.807, 2.05) is 4.57 Å². The van der Waals surface area contributed by atoms with Crippen LogP contribution in [0.25, 0.3) is 10.4 Å². The molecule has 0 atom stereocenters. The minimum atomic E-state index is 0.336. The molecule has 0 aliphatic rings. The van der Waals surface area contributed by atoms with Crippen molar-refractivity contribution in [1.29, 1.82) is 0 Å². The van der Waals surface area contributed by atoms with E-state index in [9.17, 15) is 0 Å². The lowest BCUT2D eigenvalue weighted by Crippen LogP contribution is -2.02. The number of rotatable bonds is 4. The zero-order chi connectivity index (χ0) is 12.1. The van der Waals surface area contributed by atoms with E-state index in [4.69, 9.17) is 5.53 Å². The summed E-state index contributed by atoms with van der Waals surface area (Å²) in [5.74, 6) is 0. The van der Waals surface area contributed by atoms with Crippen molar-refractivity contribution < 1.29 is 0 Å². The first-order chi connectivity index (χ1) is 8.29. The molecule has 0 aliphatic heterocycles. The van der Waals surface area contributed by atoms with Crippen LogP contribution in [0.15, 0.2) is 41.9 Å². The third-order valence-corrected chi connectivity index (χ3v) is 2.57. The normalized spacial score (nSPS) is 9.94. The molecule has 0 amide bonds. The molecule has 17 heavy (non-hydrogen) atoms. The summed E-state index contributed by atoms with van der Waals surface area (Å²) in [6, 6.07) is 8.35. The molecule has 1 heterocycles. The number of azide groups is 1. The van der Waals surface area contributed by atoms with E-state index in [0.717, 1.165) is 12.2 Å². The van der Waals surface area contributed by atoms with E-state index in [1.54, 1.807) is 12.5 Å². The fraction of sp³-hybridized carbons (Fsp3) is 0.250. The minimum Gasteiger partial charge on any atom is -0.330 e. The summed E-state index contributed by atoms with van der Waals surface area (Å²) in [5.41, 5.74) is 11.7. The number of aryl methyl sites for hydroxylation is 1. The molecule has 5 nitrogen and oxygen atoms in total. The maximum absolute atomic E-state index is 8.30. The summed E-state index contributed by atoms with van der Waals surface area (Å²) in [7, 11) is 0. The largest absolute Gasteiger partial charge is 0.330 e. The van der Waals surface area contributed by atoms with E-state index in [0.29, 0.717) is 6.54 Å². The van der Waals surface area contributed by atoms with Crippen LogP contribution in [0.3, 0.4) is 0 Å². The van der Waals surface area contributed by atoms with E-state index in [1.165, 1.54) is 11.1 Å². The molecule has 1 aromatic heterocycles. The summed E-state index contributed by atoms with van der Waals surface area (Å²) < 4.78 is 1.99. The molecule has 0 aliphatic carbocycles. The molecule has 0 saturated heterocycles. The maximum Gasteiger partial charge on any atom is 0.0951 e. The Kier molecular flexibility index (Phi) is 3.43.